The fourth-order valence-corrected chi connectivity index (χ4v) is 1.83. The van der Waals surface area contributed by atoms with Crippen LogP contribution < -0.4 is 5.32 Å². The maximum atomic E-state index is 9.14. The molecule has 0 aliphatic rings. The molecule has 0 unspecified atom stereocenters. The predicted octanol–water partition coefficient (Wildman–Crippen LogP) is 2.55. The van der Waals surface area contributed by atoms with Gasteiger partial charge in [0.25, 0.3) is 0 Å². The number of aliphatic hydroxyl groups excluding tert-OH is 1. The highest BCUT2D eigenvalue weighted by Crippen LogP contribution is 2.23. The number of hydrogen-bond donors (Lipinski definition) is 2. The van der Waals surface area contributed by atoms with E-state index in [4.69, 9.17) is 22.0 Å². The van der Waals surface area contributed by atoms with Crippen molar-refractivity contribution in [3.63, 3.8) is 0 Å². The molecule has 0 bridgehead atoms. The standard InChI is InChI=1S/C13H12ClN3O/c1-8(7-18)16-13-4-9(6-15)11-5-10(14)2-3-12(11)17-13/h2-5,8,18H,7H2,1H3,(H,16,17)/t8-/m0/s1. The fourth-order valence-electron chi connectivity index (χ4n) is 1.66. The molecule has 0 aliphatic heterocycles. The van der Waals surface area contributed by atoms with Gasteiger partial charge < -0.3 is 10.4 Å². The Balaban J connectivity index is 2.53. The van der Waals surface area contributed by atoms with E-state index in [-0.39, 0.29) is 12.6 Å². The summed E-state index contributed by atoms with van der Waals surface area (Å²) >= 11 is 5.91. The molecule has 0 spiro atoms. The molecule has 1 atom stereocenters. The minimum Gasteiger partial charge on any atom is -0.394 e. The molecular formula is C13H12ClN3O. The van der Waals surface area contributed by atoms with Crippen LogP contribution in [0, 0.1) is 11.3 Å². The third-order valence-corrected chi connectivity index (χ3v) is 2.79. The highest BCUT2D eigenvalue weighted by atomic mass is 35.5. The first-order valence-electron chi connectivity index (χ1n) is 5.52. The maximum absolute atomic E-state index is 9.14. The zero-order chi connectivity index (χ0) is 13.1. The van der Waals surface area contributed by atoms with Gasteiger partial charge in [0.15, 0.2) is 0 Å². The summed E-state index contributed by atoms with van der Waals surface area (Å²) < 4.78 is 0. The van der Waals surface area contributed by atoms with Crippen LogP contribution in [0.1, 0.15) is 12.5 Å². The van der Waals surface area contributed by atoms with Crippen LogP contribution in [0.3, 0.4) is 0 Å². The third kappa shape index (κ3) is 2.53. The normalized spacial score (nSPS) is 12.1. The average Bonchev–Trinajstić information content (AvgIpc) is 2.38. The van der Waals surface area contributed by atoms with Crippen molar-refractivity contribution in [2.24, 2.45) is 0 Å². The SMILES string of the molecule is C[C@@H](CO)Nc1cc(C#N)c2cc(Cl)ccc2n1. The van der Waals surface area contributed by atoms with Gasteiger partial charge in [-0.1, -0.05) is 11.6 Å². The van der Waals surface area contributed by atoms with Gasteiger partial charge in [-0.15, -0.1) is 0 Å². The van der Waals surface area contributed by atoms with E-state index >= 15 is 0 Å². The molecule has 2 aromatic rings. The number of benzene rings is 1. The summed E-state index contributed by atoms with van der Waals surface area (Å²) in [5.74, 6) is 0.572. The van der Waals surface area contributed by atoms with Crippen LogP contribution >= 0.6 is 11.6 Å². The quantitative estimate of drug-likeness (QED) is 0.891. The molecule has 4 nitrogen and oxygen atoms in total. The van der Waals surface area contributed by atoms with E-state index in [9.17, 15) is 0 Å². The molecule has 0 amide bonds. The van der Waals surface area contributed by atoms with Gasteiger partial charge in [-0.05, 0) is 31.2 Å². The molecule has 0 saturated carbocycles. The van der Waals surface area contributed by atoms with Crippen LogP contribution in [0.4, 0.5) is 5.82 Å². The molecule has 92 valence electrons. The minimum atomic E-state index is -0.117. The summed E-state index contributed by atoms with van der Waals surface area (Å²) in [6, 6.07) is 8.90. The number of halogens is 1. The predicted molar refractivity (Wildman–Crippen MR) is 71.6 cm³/mol. The maximum Gasteiger partial charge on any atom is 0.128 e. The fraction of sp³-hybridized carbons (Fsp3) is 0.231. The van der Waals surface area contributed by atoms with Crippen molar-refractivity contribution >= 4 is 28.3 Å². The number of nitriles is 1. The first kappa shape index (κ1) is 12.6. The van der Waals surface area contributed by atoms with Crippen LogP contribution in [-0.4, -0.2) is 22.7 Å². The first-order valence-corrected chi connectivity index (χ1v) is 5.89. The van der Waals surface area contributed by atoms with Crippen LogP contribution in [0.15, 0.2) is 24.3 Å². The smallest absolute Gasteiger partial charge is 0.128 e. The Morgan fingerprint density at radius 3 is 2.94 bits per heavy atom. The summed E-state index contributed by atoms with van der Waals surface area (Å²) in [6.45, 7) is 1.84. The van der Waals surface area contributed by atoms with Crippen molar-refractivity contribution in [2.75, 3.05) is 11.9 Å². The molecule has 0 aliphatic carbocycles. The molecule has 1 aromatic heterocycles. The Morgan fingerprint density at radius 1 is 1.50 bits per heavy atom. The van der Waals surface area contributed by atoms with Gasteiger partial charge in [0.1, 0.15) is 5.82 Å². The van der Waals surface area contributed by atoms with Crippen LogP contribution in [0.5, 0.6) is 0 Å². The largest absolute Gasteiger partial charge is 0.394 e. The molecule has 2 N–H and O–H groups in total. The van der Waals surface area contributed by atoms with E-state index in [0.29, 0.717) is 21.9 Å². The molecule has 1 heterocycles. The van der Waals surface area contributed by atoms with Gasteiger partial charge in [0.05, 0.1) is 23.8 Å². The number of aromatic nitrogens is 1. The zero-order valence-electron chi connectivity index (χ0n) is 9.81. The number of rotatable bonds is 3. The number of nitrogens with one attached hydrogen (secondary N) is 1. The van der Waals surface area contributed by atoms with Crippen molar-refractivity contribution in [1.82, 2.24) is 4.98 Å². The number of anilines is 1. The van der Waals surface area contributed by atoms with Crippen LogP contribution in [0.2, 0.25) is 5.02 Å². The van der Waals surface area contributed by atoms with E-state index in [1.807, 2.05) is 6.92 Å². The highest BCUT2D eigenvalue weighted by Gasteiger charge is 2.08. The number of aliphatic hydroxyl groups is 1. The summed E-state index contributed by atoms with van der Waals surface area (Å²) in [6.07, 6.45) is 0. The first-order chi connectivity index (χ1) is 8.63. The number of hydrogen-bond acceptors (Lipinski definition) is 4. The second-order valence-corrected chi connectivity index (χ2v) is 4.49. The molecule has 5 heteroatoms. The monoisotopic (exact) mass is 261 g/mol. The lowest BCUT2D eigenvalue weighted by atomic mass is 10.1. The molecule has 0 saturated heterocycles. The summed E-state index contributed by atoms with van der Waals surface area (Å²) in [4.78, 5) is 4.38. The van der Waals surface area contributed by atoms with Gasteiger partial charge in [-0.25, -0.2) is 4.98 Å². The Morgan fingerprint density at radius 2 is 2.28 bits per heavy atom. The topological polar surface area (TPSA) is 68.9 Å². The molecular weight excluding hydrogens is 250 g/mol. The average molecular weight is 262 g/mol. The molecule has 2 rings (SSSR count). The van der Waals surface area contributed by atoms with Crippen molar-refractivity contribution in [3.8, 4) is 6.07 Å². The third-order valence-electron chi connectivity index (χ3n) is 2.56. The number of pyridine rings is 1. The number of nitrogens with zero attached hydrogens (tertiary/aromatic N) is 2. The van der Waals surface area contributed by atoms with Gasteiger partial charge >= 0.3 is 0 Å². The Bertz CT molecular complexity index is 621. The van der Waals surface area contributed by atoms with E-state index in [0.717, 1.165) is 5.39 Å². The molecule has 18 heavy (non-hydrogen) atoms. The zero-order valence-corrected chi connectivity index (χ0v) is 10.6. The van der Waals surface area contributed by atoms with Crippen molar-refractivity contribution in [1.29, 1.82) is 5.26 Å². The van der Waals surface area contributed by atoms with E-state index in [2.05, 4.69) is 16.4 Å². The molecule has 0 radical (unpaired) electrons. The van der Waals surface area contributed by atoms with Crippen LogP contribution in [-0.2, 0) is 0 Å². The molecule has 1 aromatic carbocycles. The Hall–Kier alpha value is -1.83. The van der Waals surface area contributed by atoms with E-state index in [1.54, 1.807) is 24.3 Å². The molecule has 0 fully saturated rings. The highest BCUT2D eigenvalue weighted by molar-refractivity contribution is 6.31. The second kappa shape index (κ2) is 5.21. The van der Waals surface area contributed by atoms with Crippen molar-refractivity contribution in [3.05, 3.63) is 34.9 Å². The summed E-state index contributed by atoms with van der Waals surface area (Å²) in [5.41, 5.74) is 1.21. The van der Waals surface area contributed by atoms with Crippen LogP contribution in [0.25, 0.3) is 10.9 Å². The summed E-state index contributed by atoms with van der Waals surface area (Å²) in [7, 11) is 0. The lowest BCUT2D eigenvalue weighted by Crippen LogP contribution is -2.20. The second-order valence-electron chi connectivity index (χ2n) is 4.06. The lowest BCUT2D eigenvalue weighted by molar-refractivity contribution is 0.281. The van der Waals surface area contributed by atoms with Gasteiger partial charge in [-0.3, -0.25) is 0 Å². The minimum absolute atomic E-state index is 0.00220. The van der Waals surface area contributed by atoms with E-state index < -0.39 is 0 Å². The lowest BCUT2D eigenvalue weighted by Gasteiger charge is -2.12. The van der Waals surface area contributed by atoms with E-state index in [1.165, 1.54) is 0 Å². The van der Waals surface area contributed by atoms with Gasteiger partial charge in [0, 0.05) is 16.5 Å². The Labute approximate surface area is 110 Å². The van der Waals surface area contributed by atoms with Gasteiger partial charge in [-0.2, -0.15) is 5.26 Å². The Kier molecular flexibility index (Phi) is 3.66. The number of fused-ring (bicyclic) bond motifs is 1. The summed E-state index contributed by atoms with van der Waals surface area (Å²) in [5, 5.41) is 22.5. The van der Waals surface area contributed by atoms with Crippen molar-refractivity contribution in [2.45, 2.75) is 13.0 Å². The van der Waals surface area contributed by atoms with Gasteiger partial charge in [0.2, 0.25) is 0 Å². The van der Waals surface area contributed by atoms with Crippen molar-refractivity contribution < 1.29 is 5.11 Å².